The van der Waals surface area contributed by atoms with Crippen molar-refractivity contribution >= 4 is 21.6 Å². The molecule has 1 amide bonds. The Morgan fingerprint density at radius 2 is 1.71 bits per heavy atom. The van der Waals surface area contributed by atoms with Crippen molar-refractivity contribution in [2.75, 3.05) is 18.0 Å². The second-order valence-electron chi connectivity index (χ2n) is 9.36. The van der Waals surface area contributed by atoms with E-state index < -0.39 is 10.0 Å². The fourth-order valence-electron chi connectivity index (χ4n) is 5.08. The van der Waals surface area contributed by atoms with Crippen molar-refractivity contribution in [1.82, 2.24) is 4.31 Å². The average Bonchev–Trinajstić information content (AvgIpc) is 3.56. The topological polar surface area (TPSA) is 57.7 Å². The Balaban J connectivity index is 1.28. The summed E-state index contributed by atoms with van der Waals surface area (Å²) in [5.41, 5.74) is 3.19. The van der Waals surface area contributed by atoms with E-state index in [2.05, 4.69) is 24.3 Å². The minimum absolute atomic E-state index is 0.0924. The molecule has 164 valence electrons. The number of anilines is 1. The van der Waals surface area contributed by atoms with Gasteiger partial charge in [0.2, 0.25) is 15.9 Å². The molecule has 0 radical (unpaired) electrons. The van der Waals surface area contributed by atoms with E-state index >= 15 is 0 Å². The van der Waals surface area contributed by atoms with Gasteiger partial charge in [-0.15, -0.1) is 0 Å². The van der Waals surface area contributed by atoms with Crippen LogP contribution in [-0.2, 0) is 27.7 Å². The van der Waals surface area contributed by atoms with Gasteiger partial charge in [-0.25, -0.2) is 8.42 Å². The lowest BCUT2D eigenvalue weighted by atomic mass is 9.91. The minimum Gasteiger partial charge on any atom is -0.309 e. The van der Waals surface area contributed by atoms with E-state index in [0.29, 0.717) is 23.9 Å². The highest BCUT2D eigenvalue weighted by molar-refractivity contribution is 7.89. The Kier molecular flexibility index (Phi) is 5.39. The van der Waals surface area contributed by atoms with Gasteiger partial charge in [0.25, 0.3) is 0 Å². The molecule has 1 aliphatic carbocycles. The number of carbonyl (C=O) groups excluding carboxylic acids is 1. The van der Waals surface area contributed by atoms with Crippen LogP contribution in [0, 0.1) is 11.8 Å². The van der Waals surface area contributed by atoms with Crippen LogP contribution < -0.4 is 4.90 Å². The van der Waals surface area contributed by atoms with E-state index in [9.17, 15) is 13.2 Å². The van der Waals surface area contributed by atoms with Gasteiger partial charge in [0.05, 0.1) is 4.90 Å². The number of nitrogens with zero attached hydrogens (tertiary/aromatic N) is 2. The van der Waals surface area contributed by atoms with Gasteiger partial charge in [0, 0.05) is 30.7 Å². The maximum atomic E-state index is 13.3. The zero-order chi connectivity index (χ0) is 21.6. The predicted octanol–water partition coefficient (Wildman–Crippen LogP) is 4.02. The van der Waals surface area contributed by atoms with Crippen molar-refractivity contribution in [3.63, 3.8) is 0 Å². The lowest BCUT2D eigenvalue weighted by Gasteiger charge is -2.31. The molecule has 2 aromatic carbocycles. The number of sulfonamides is 1. The highest BCUT2D eigenvalue weighted by Gasteiger charge is 2.40. The molecule has 6 heteroatoms. The molecule has 31 heavy (non-hydrogen) atoms. The highest BCUT2D eigenvalue weighted by atomic mass is 32.2. The highest BCUT2D eigenvalue weighted by Crippen LogP contribution is 2.40. The molecule has 1 saturated carbocycles. The Morgan fingerprint density at radius 3 is 2.39 bits per heavy atom. The SMILES string of the molecule is C[C@H]1Cc2cc(S(=O)(=O)N3CCC(Cc4ccccc4)CC3)ccc2N1C(=O)C1CC1. The third-order valence-electron chi connectivity index (χ3n) is 7.01. The number of piperidine rings is 1. The third kappa shape index (κ3) is 4.03. The number of hydrogen-bond donors (Lipinski definition) is 0. The van der Waals surface area contributed by atoms with Crippen LogP contribution in [0.1, 0.15) is 43.7 Å². The first-order chi connectivity index (χ1) is 14.9. The van der Waals surface area contributed by atoms with E-state index in [1.165, 1.54) is 5.56 Å². The molecule has 2 aromatic rings. The first-order valence-corrected chi connectivity index (χ1v) is 12.9. The summed E-state index contributed by atoms with van der Waals surface area (Å²) in [5, 5.41) is 0. The van der Waals surface area contributed by atoms with Crippen LogP contribution >= 0.6 is 0 Å². The summed E-state index contributed by atoms with van der Waals surface area (Å²) >= 11 is 0. The Labute approximate surface area is 185 Å². The minimum atomic E-state index is -3.51. The van der Waals surface area contributed by atoms with Crippen molar-refractivity contribution < 1.29 is 13.2 Å². The molecular formula is C25H30N2O3S. The second-order valence-corrected chi connectivity index (χ2v) is 11.3. The lowest BCUT2D eigenvalue weighted by Crippen LogP contribution is -2.39. The molecular weight excluding hydrogens is 408 g/mol. The summed E-state index contributed by atoms with van der Waals surface area (Å²) < 4.78 is 28.3. The number of amides is 1. The number of fused-ring (bicyclic) bond motifs is 1. The fraction of sp³-hybridized carbons (Fsp3) is 0.480. The normalized spacial score (nSPS) is 22.5. The summed E-state index contributed by atoms with van der Waals surface area (Å²) in [6.07, 6.45) is 5.46. The standard InChI is InChI=1S/C25H30N2O3S/c1-18-15-22-17-23(9-10-24(22)27(18)25(28)21-7-8-21)31(29,30)26-13-11-20(12-14-26)16-19-5-3-2-4-6-19/h2-6,9-10,17-18,20-21H,7-8,11-16H2,1H3/t18-/m0/s1. The summed E-state index contributed by atoms with van der Waals surface area (Å²) in [6, 6.07) is 15.9. The van der Waals surface area contributed by atoms with Gasteiger partial charge in [-0.1, -0.05) is 30.3 Å². The van der Waals surface area contributed by atoms with Crippen molar-refractivity contribution in [3.8, 4) is 0 Å². The van der Waals surface area contributed by atoms with Crippen molar-refractivity contribution in [3.05, 3.63) is 59.7 Å². The summed E-state index contributed by atoms with van der Waals surface area (Å²) in [6.45, 7) is 3.19. The van der Waals surface area contributed by atoms with E-state index in [4.69, 9.17) is 0 Å². The zero-order valence-electron chi connectivity index (χ0n) is 18.0. The molecule has 2 aliphatic heterocycles. The van der Waals surface area contributed by atoms with Crippen LogP contribution in [0.25, 0.3) is 0 Å². The summed E-state index contributed by atoms with van der Waals surface area (Å²) in [7, 11) is -3.51. The van der Waals surface area contributed by atoms with Gasteiger partial charge in [-0.05, 0) is 80.7 Å². The number of carbonyl (C=O) groups is 1. The molecule has 0 unspecified atom stereocenters. The fourth-order valence-corrected chi connectivity index (χ4v) is 6.60. The second kappa shape index (κ2) is 8.06. The maximum Gasteiger partial charge on any atom is 0.243 e. The molecule has 0 N–H and O–H groups in total. The first kappa shape index (κ1) is 20.7. The van der Waals surface area contributed by atoms with Gasteiger partial charge in [-0.2, -0.15) is 4.31 Å². The van der Waals surface area contributed by atoms with Crippen LogP contribution in [0.2, 0.25) is 0 Å². The van der Waals surface area contributed by atoms with Gasteiger partial charge in [-0.3, -0.25) is 4.79 Å². The van der Waals surface area contributed by atoms with Crippen molar-refractivity contribution in [2.24, 2.45) is 11.8 Å². The quantitative estimate of drug-likeness (QED) is 0.709. The Morgan fingerprint density at radius 1 is 1.00 bits per heavy atom. The number of benzene rings is 2. The number of rotatable bonds is 5. The van der Waals surface area contributed by atoms with Crippen LogP contribution in [0.3, 0.4) is 0 Å². The molecule has 0 bridgehead atoms. The largest absolute Gasteiger partial charge is 0.309 e. The van der Waals surface area contributed by atoms with E-state index in [1.54, 1.807) is 16.4 Å². The van der Waals surface area contributed by atoms with Crippen molar-refractivity contribution in [2.45, 2.75) is 56.4 Å². The number of hydrogen-bond acceptors (Lipinski definition) is 3. The Bertz CT molecular complexity index is 1070. The van der Waals surface area contributed by atoms with Crippen LogP contribution in [-0.4, -0.2) is 37.8 Å². The molecule has 1 saturated heterocycles. The summed E-state index contributed by atoms with van der Waals surface area (Å²) in [4.78, 5) is 14.9. The molecule has 0 spiro atoms. The van der Waals surface area contributed by atoms with Gasteiger partial charge in [0.15, 0.2) is 0 Å². The third-order valence-corrected chi connectivity index (χ3v) is 8.90. The smallest absolute Gasteiger partial charge is 0.243 e. The molecule has 5 rings (SSSR count). The van der Waals surface area contributed by atoms with Gasteiger partial charge < -0.3 is 4.90 Å². The van der Waals surface area contributed by atoms with E-state index in [-0.39, 0.29) is 17.9 Å². The molecule has 2 fully saturated rings. The van der Waals surface area contributed by atoms with Gasteiger partial charge >= 0.3 is 0 Å². The predicted molar refractivity (Wildman–Crippen MR) is 121 cm³/mol. The van der Waals surface area contributed by atoms with Crippen LogP contribution in [0.5, 0.6) is 0 Å². The van der Waals surface area contributed by atoms with Crippen LogP contribution in [0.15, 0.2) is 53.4 Å². The lowest BCUT2D eigenvalue weighted by molar-refractivity contribution is -0.120. The van der Waals surface area contributed by atoms with Crippen molar-refractivity contribution in [1.29, 1.82) is 0 Å². The summed E-state index contributed by atoms with van der Waals surface area (Å²) in [5.74, 6) is 0.882. The molecule has 5 nitrogen and oxygen atoms in total. The van der Waals surface area contributed by atoms with Crippen LogP contribution in [0.4, 0.5) is 5.69 Å². The molecule has 0 aromatic heterocycles. The van der Waals surface area contributed by atoms with Gasteiger partial charge in [0.1, 0.15) is 0 Å². The molecule has 3 aliphatic rings. The average molecular weight is 439 g/mol. The monoisotopic (exact) mass is 438 g/mol. The Hall–Kier alpha value is -2.18. The van der Waals surface area contributed by atoms with E-state index in [1.807, 2.05) is 24.0 Å². The van der Waals surface area contributed by atoms with E-state index in [0.717, 1.165) is 49.8 Å². The molecule has 2 heterocycles. The maximum absolute atomic E-state index is 13.3. The first-order valence-electron chi connectivity index (χ1n) is 11.4. The zero-order valence-corrected chi connectivity index (χ0v) is 18.9. The molecule has 1 atom stereocenters.